The molecule has 1 N–H and O–H groups in total. The normalized spacial score (nSPS) is 23.5. The highest BCUT2D eigenvalue weighted by Gasteiger charge is 2.42. The average molecular weight is 499 g/mol. The van der Waals surface area contributed by atoms with Crippen molar-refractivity contribution in [1.82, 2.24) is 10.2 Å². The first kappa shape index (κ1) is 24.0. The first-order valence-electron chi connectivity index (χ1n) is 12.1. The Morgan fingerprint density at radius 1 is 1.08 bits per heavy atom. The van der Waals surface area contributed by atoms with Crippen molar-refractivity contribution in [2.24, 2.45) is 5.92 Å². The van der Waals surface area contributed by atoms with Crippen LogP contribution >= 0.6 is 0 Å². The predicted molar refractivity (Wildman–Crippen MR) is 129 cm³/mol. The molecule has 190 valence electrons. The Morgan fingerprint density at radius 3 is 2.64 bits per heavy atom. The molecule has 3 aliphatic heterocycles. The fourth-order valence-corrected chi connectivity index (χ4v) is 5.44. The highest BCUT2D eigenvalue weighted by Crippen LogP contribution is 2.36. The molecule has 3 atom stereocenters. The van der Waals surface area contributed by atoms with E-state index >= 15 is 4.39 Å². The Hall–Kier alpha value is -3.69. The zero-order valence-electron chi connectivity index (χ0n) is 20.0. The van der Waals surface area contributed by atoms with Gasteiger partial charge in [0.15, 0.2) is 0 Å². The summed E-state index contributed by atoms with van der Waals surface area (Å²) in [5.41, 5.74) is 0.829. The fourth-order valence-electron chi connectivity index (χ4n) is 5.44. The van der Waals surface area contributed by atoms with E-state index in [1.807, 2.05) is 4.90 Å². The number of halogens is 2. The number of hydrogen-bond acceptors (Lipinski definition) is 5. The third-order valence-electron chi connectivity index (χ3n) is 7.18. The largest absolute Gasteiger partial charge is 0.442 e. The third kappa shape index (κ3) is 4.59. The molecule has 3 amide bonds. The van der Waals surface area contributed by atoms with Crippen molar-refractivity contribution >= 4 is 29.3 Å². The summed E-state index contributed by atoms with van der Waals surface area (Å²) in [6, 6.07) is 10.5. The minimum absolute atomic E-state index is 0.0569. The van der Waals surface area contributed by atoms with Crippen LogP contribution < -0.4 is 15.1 Å². The smallest absolute Gasteiger partial charge is 0.414 e. The van der Waals surface area contributed by atoms with E-state index in [2.05, 4.69) is 5.32 Å². The zero-order chi connectivity index (χ0) is 25.4. The number of anilines is 2. The van der Waals surface area contributed by atoms with Crippen LogP contribution in [0.4, 0.5) is 25.0 Å². The van der Waals surface area contributed by atoms with Crippen molar-refractivity contribution in [2.45, 2.75) is 31.9 Å². The van der Waals surface area contributed by atoms with Crippen LogP contribution in [0, 0.1) is 17.6 Å². The molecule has 3 aliphatic rings. The number of benzene rings is 2. The molecule has 0 saturated carbocycles. The van der Waals surface area contributed by atoms with Gasteiger partial charge in [0.2, 0.25) is 5.91 Å². The standard InChI is InChI=1S/C26H28F2N4O4/c1-16(33)29-12-19-14-32(26(35)36-19)18-8-9-23(22(28)11-18)30-13-17-5-4-10-31(24(17)15-30)25(34)20-6-2-3-7-21(20)27/h2-3,6-9,11,17,19,24H,4-5,10,12-15H2,1H3,(H,29,33)/t17-,19-,24+/m0/s1. The molecule has 0 aromatic heterocycles. The Kier molecular flexibility index (Phi) is 6.51. The van der Waals surface area contributed by atoms with Crippen molar-refractivity contribution in [1.29, 1.82) is 0 Å². The van der Waals surface area contributed by atoms with Gasteiger partial charge in [0.25, 0.3) is 5.91 Å². The van der Waals surface area contributed by atoms with E-state index in [4.69, 9.17) is 4.74 Å². The van der Waals surface area contributed by atoms with Gasteiger partial charge in [-0.2, -0.15) is 0 Å². The van der Waals surface area contributed by atoms with E-state index in [1.54, 1.807) is 29.2 Å². The second-order valence-electron chi connectivity index (χ2n) is 9.54. The number of hydrogen-bond donors (Lipinski definition) is 1. The molecule has 36 heavy (non-hydrogen) atoms. The summed E-state index contributed by atoms with van der Waals surface area (Å²) in [5, 5.41) is 2.61. The Morgan fingerprint density at radius 2 is 1.89 bits per heavy atom. The molecular formula is C26H28F2N4O4. The van der Waals surface area contributed by atoms with E-state index in [9.17, 15) is 18.8 Å². The summed E-state index contributed by atoms with van der Waals surface area (Å²) in [6.45, 7) is 3.36. The minimum atomic E-state index is -0.591. The monoisotopic (exact) mass is 498 g/mol. The molecule has 5 rings (SSSR count). The number of carbonyl (C=O) groups excluding carboxylic acids is 3. The zero-order valence-corrected chi connectivity index (χ0v) is 20.0. The van der Waals surface area contributed by atoms with Gasteiger partial charge in [-0.1, -0.05) is 12.1 Å². The topological polar surface area (TPSA) is 82.2 Å². The summed E-state index contributed by atoms with van der Waals surface area (Å²) in [5.74, 6) is -1.41. The van der Waals surface area contributed by atoms with Gasteiger partial charge in [0.1, 0.15) is 17.7 Å². The van der Waals surface area contributed by atoms with Gasteiger partial charge >= 0.3 is 6.09 Å². The number of rotatable bonds is 5. The van der Waals surface area contributed by atoms with Gasteiger partial charge in [-0.05, 0) is 49.1 Å². The molecule has 0 radical (unpaired) electrons. The number of nitrogens with zero attached hydrogens (tertiary/aromatic N) is 3. The molecule has 3 saturated heterocycles. The number of carbonyl (C=O) groups is 3. The van der Waals surface area contributed by atoms with Crippen LogP contribution in [-0.4, -0.2) is 67.7 Å². The van der Waals surface area contributed by atoms with E-state index in [1.165, 1.54) is 30.0 Å². The van der Waals surface area contributed by atoms with Crippen LogP contribution in [0.25, 0.3) is 0 Å². The number of fused-ring (bicyclic) bond motifs is 1. The van der Waals surface area contributed by atoms with Crippen LogP contribution in [0.15, 0.2) is 42.5 Å². The van der Waals surface area contributed by atoms with E-state index in [0.717, 1.165) is 12.8 Å². The van der Waals surface area contributed by atoms with Crippen LogP contribution in [0.2, 0.25) is 0 Å². The lowest BCUT2D eigenvalue weighted by molar-refractivity contribution is -0.119. The van der Waals surface area contributed by atoms with Gasteiger partial charge in [-0.15, -0.1) is 0 Å². The maximum absolute atomic E-state index is 15.3. The van der Waals surface area contributed by atoms with Crippen molar-refractivity contribution in [3.05, 3.63) is 59.7 Å². The molecular weight excluding hydrogens is 470 g/mol. The maximum Gasteiger partial charge on any atom is 0.414 e. The minimum Gasteiger partial charge on any atom is -0.442 e. The summed E-state index contributed by atoms with van der Waals surface area (Å²) in [4.78, 5) is 41.5. The molecule has 10 heteroatoms. The number of likely N-dealkylation sites (tertiary alicyclic amines) is 1. The van der Waals surface area contributed by atoms with E-state index in [-0.39, 0.29) is 42.4 Å². The van der Waals surface area contributed by atoms with Crippen molar-refractivity contribution < 1.29 is 27.9 Å². The second kappa shape index (κ2) is 9.75. The average Bonchev–Trinajstić information content (AvgIpc) is 3.45. The Bertz CT molecular complexity index is 1190. The molecule has 0 unspecified atom stereocenters. The molecule has 2 aromatic rings. The van der Waals surface area contributed by atoms with Gasteiger partial charge < -0.3 is 19.9 Å². The Labute approximate surface area is 207 Å². The fraction of sp³-hybridized carbons (Fsp3) is 0.423. The molecule has 2 aromatic carbocycles. The predicted octanol–water partition coefficient (Wildman–Crippen LogP) is 3.17. The van der Waals surface area contributed by atoms with Gasteiger partial charge in [-0.3, -0.25) is 14.5 Å². The van der Waals surface area contributed by atoms with Gasteiger partial charge in [-0.25, -0.2) is 13.6 Å². The highest BCUT2D eigenvalue weighted by molar-refractivity contribution is 5.95. The number of nitrogens with one attached hydrogen (secondary N) is 1. The lowest BCUT2D eigenvalue weighted by Crippen LogP contribution is -2.48. The summed E-state index contributed by atoms with van der Waals surface area (Å²) < 4.78 is 34.8. The van der Waals surface area contributed by atoms with Gasteiger partial charge in [0.05, 0.1) is 36.1 Å². The molecule has 3 heterocycles. The first-order chi connectivity index (χ1) is 17.3. The third-order valence-corrected chi connectivity index (χ3v) is 7.18. The van der Waals surface area contributed by atoms with Crippen molar-refractivity contribution in [3.63, 3.8) is 0 Å². The van der Waals surface area contributed by atoms with Crippen molar-refractivity contribution in [3.8, 4) is 0 Å². The lowest BCUT2D eigenvalue weighted by Gasteiger charge is -2.37. The molecule has 0 spiro atoms. The number of ether oxygens (including phenoxy) is 1. The molecule has 8 nitrogen and oxygen atoms in total. The summed E-state index contributed by atoms with van der Waals surface area (Å²) in [6.07, 6.45) is 0.626. The molecule has 0 aliphatic carbocycles. The number of amides is 3. The van der Waals surface area contributed by atoms with Crippen LogP contribution in [0.3, 0.4) is 0 Å². The van der Waals surface area contributed by atoms with Crippen molar-refractivity contribution in [2.75, 3.05) is 42.5 Å². The maximum atomic E-state index is 15.3. The van der Waals surface area contributed by atoms with Gasteiger partial charge in [0, 0.05) is 26.6 Å². The Balaban J connectivity index is 1.29. The van der Waals surface area contributed by atoms with Crippen LogP contribution in [-0.2, 0) is 9.53 Å². The lowest BCUT2D eigenvalue weighted by atomic mass is 9.91. The molecule has 0 bridgehead atoms. The van der Waals surface area contributed by atoms with E-state index < -0.39 is 23.8 Å². The summed E-state index contributed by atoms with van der Waals surface area (Å²) in [7, 11) is 0. The number of cyclic esters (lactones) is 1. The SMILES string of the molecule is CC(=O)NC[C@H]1CN(c2ccc(N3C[C@@H]4CCCN(C(=O)c5ccccc5F)[C@@H]4C3)c(F)c2)C(=O)O1. The first-order valence-corrected chi connectivity index (χ1v) is 12.1. The van der Waals surface area contributed by atoms with Crippen LogP contribution in [0.5, 0.6) is 0 Å². The quantitative estimate of drug-likeness (QED) is 0.685. The second-order valence-corrected chi connectivity index (χ2v) is 9.54. The number of piperidine rings is 1. The highest BCUT2D eigenvalue weighted by atomic mass is 19.1. The van der Waals surface area contributed by atoms with Crippen LogP contribution in [0.1, 0.15) is 30.1 Å². The summed E-state index contributed by atoms with van der Waals surface area (Å²) >= 11 is 0. The molecule has 3 fully saturated rings. The van der Waals surface area contributed by atoms with E-state index in [0.29, 0.717) is 31.0 Å².